The Hall–Kier alpha value is -0.960. The van der Waals surface area contributed by atoms with E-state index in [9.17, 15) is 9.50 Å². The summed E-state index contributed by atoms with van der Waals surface area (Å²) in [4.78, 5) is 3.94. The smallest absolute Gasteiger partial charge is 0.145 e. The summed E-state index contributed by atoms with van der Waals surface area (Å²) < 4.78 is 13.2. The lowest BCUT2D eigenvalue weighted by Crippen LogP contribution is -2.16. The third-order valence-corrected chi connectivity index (χ3v) is 2.16. The van der Waals surface area contributed by atoms with Crippen molar-refractivity contribution in [2.24, 2.45) is 0 Å². The molecule has 0 aliphatic heterocycles. The van der Waals surface area contributed by atoms with Gasteiger partial charge in [-0.25, -0.2) is 4.39 Å². The van der Waals surface area contributed by atoms with E-state index in [0.717, 1.165) is 0 Å². The molecule has 0 radical (unpaired) electrons. The maximum absolute atomic E-state index is 13.2. The van der Waals surface area contributed by atoms with Crippen molar-refractivity contribution in [2.75, 3.05) is 0 Å². The van der Waals surface area contributed by atoms with Crippen molar-refractivity contribution in [3.63, 3.8) is 0 Å². The monoisotopic (exact) mass is 183 g/mol. The fourth-order valence-electron chi connectivity index (χ4n) is 1.43. The molecule has 0 aliphatic carbocycles. The number of halogens is 1. The van der Waals surface area contributed by atoms with E-state index in [1.54, 1.807) is 19.2 Å². The van der Waals surface area contributed by atoms with Crippen LogP contribution in [0.3, 0.4) is 0 Å². The number of hydrogen-bond acceptors (Lipinski definition) is 2. The molecule has 1 aromatic rings. The van der Waals surface area contributed by atoms with Crippen molar-refractivity contribution in [2.45, 2.75) is 32.3 Å². The molecule has 0 aromatic carbocycles. The highest BCUT2D eigenvalue weighted by Gasteiger charge is 2.19. The zero-order valence-electron chi connectivity index (χ0n) is 7.87. The number of aromatic nitrogens is 1. The van der Waals surface area contributed by atoms with Crippen LogP contribution in [0.15, 0.2) is 18.3 Å². The first-order valence-corrected chi connectivity index (χ1v) is 4.45. The van der Waals surface area contributed by atoms with Crippen LogP contribution >= 0.6 is 0 Å². The third kappa shape index (κ3) is 2.25. The highest BCUT2D eigenvalue weighted by atomic mass is 19.1. The summed E-state index contributed by atoms with van der Waals surface area (Å²) >= 11 is 0. The molecule has 2 nitrogen and oxygen atoms in total. The molecule has 1 aromatic heterocycles. The second-order valence-electron chi connectivity index (χ2n) is 3.13. The van der Waals surface area contributed by atoms with Gasteiger partial charge in [-0.1, -0.05) is 6.92 Å². The fraction of sp³-hybridized carbons (Fsp3) is 0.500. The second-order valence-corrected chi connectivity index (χ2v) is 3.13. The first-order valence-electron chi connectivity index (χ1n) is 4.45. The third-order valence-electron chi connectivity index (χ3n) is 2.16. The maximum Gasteiger partial charge on any atom is 0.145 e. The zero-order chi connectivity index (χ0) is 9.84. The molecule has 0 fully saturated rings. The molecule has 1 heterocycles. The van der Waals surface area contributed by atoms with Crippen LogP contribution in [0, 0.1) is 5.82 Å². The molecule has 3 heteroatoms. The van der Waals surface area contributed by atoms with Gasteiger partial charge in [0.1, 0.15) is 5.82 Å². The average Bonchev–Trinajstić information content (AvgIpc) is 2.09. The topological polar surface area (TPSA) is 33.1 Å². The largest absolute Gasteiger partial charge is 0.393 e. The van der Waals surface area contributed by atoms with Crippen LogP contribution < -0.4 is 0 Å². The highest BCUT2D eigenvalue weighted by Crippen LogP contribution is 2.23. The Labute approximate surface area is 77.4 Å². The quantitative estimate of drug-likeness (QED) is 0.778. The standard InChI is InChI=1S/C10H14FNO/c1-3-8(7(2)13)10-9(11)5-4-6-12-10/h4-8,13H,3H2,1-2H3. The molecule has 2 atom stereocenters. The minimum Gasteiger partial charge on any atom is -0.393 e. The Balaban J connectivity index is 2.97. The molecule has 1 N–H and O–H groups in total. The van der Waals surface area contributed by atoms with E-state index in [-0.39, 0.29) is 11.7 Å². The molecule has 0 amide bonds. The van der Waals surface area contributed by atoms with Gasteiger partial charge in [0.25, 0.3) is 0 Å². The van der Waals surface area contributed by atoms with Crippen LogP contribution in [0.5, 0.6) is 0 Å². The average molecular weight is 183 g/mol. The van der Waals surface area contributed by atoms with Crippen molar-refractivity contribution in [1.29, 1.82) is 0 Å². The summed E-state index contributed by atoms with van der Waals surface area (Å²) in [6, 6.07) is 2.92. The van der Waals surface area contributed by atoms with E-state index in [4.69, 9.17) is 0 Å². The summed E-state index contributed by atoms with van der Waals surface area (Å²) in [5.74, 6) is -0.545. The lowest BCUT2D eigenvalue weighted by Gasteiger charge is -2.17. The molecule has 0 bridgehead atoms. The summed E-state index contributed by atoms with van der Waals surface area (Å²) in [6.45, 7) is 3.56. The van der Waals surface area contributed by atoms with E-state index >= 15 is 0 Å². The Bertz CT molecular complexity index is 275. The molecule has 0 aliphatic rings. The summed E-state index contributed by atoms with van der Waals surface area (Å²) in [5.41, 5.74) is 0.361. The van der Waals surface area contributed by atoms with Crippen LogP contribution in [-0.2, 0) is 0 Å². The predicted molar refractivity (Wildman–Crippen MR) is 48.9 cm³/mol. The van der Waals surface area contributed by atoms with Crippen molar-refractivity contribution in [3.05, 3.63) is 29.8 Å². The summed E-state index contributed by atoms with van der Waals surface area (Å²) in [7, 11) is 0. The lowest BCUT2D eigenvalue weighted by molar-refractivity contribution is 0.156. The minimum atomic E-state index is -0.561. The van der Waals surface area contributed by atoms with Gasteiger partial charge >= 0.3 is 0 Å². The highest BCUT2D eigenvalue weighted by molar-refractivity contribution is 5.13. The van der Waals surface area contributed by atoms with Gasteiger partial charge in [0.15, 0.2) is 0 Å². The molecule has 13 heavy (non-hydrogen) atoms. The van der Waals surface area contributed by atoms with Crippen LogP contribution in [0.4, 0.5) is 4.39 Å². The number of aliphatic hydroxyl groups excluding tert-OH is 1. The number of aliphatic hydroxyl groups is 1. The number of hydrogen-bond donors (Lipinski definition) is 1. The van der Waals surface area contributed by atoms with Gasteiger partial charge in [-0.05, 0) is 25.5 Å². The van der Waals surface area contributed by atoms with Gasteiger partial charge in [-0.2, -0.15) is 0 Å². The van der Waals surface area contributed by atoms with Gasteiger partial charge in [0, 0.05) is 12.1 Å². The first-order chi connectivity index (χ1) is 6.16. The SMILES string of the molecule is CCC(c1ncccc1F)C(C)O. The van der Waals surface area contributed by atoms with Crippen molar-refractivity contribution in [1.82, 2.24) is 4.98 Å². The summed E-state index contributed by atoms with van der Waals surface area (Å²) in [6.07, 6.45) is 1.67. The minimum absolute atomic E-state index is 0.207. The van der Waals surface area contributed by atoms with E-state index in [2.05, 4.69) is 4.98 Å². The maximum atomic E-state index is 13.2. The molecule has 0 saturated carbocycles. The first kappa shape index (κ1) is 10.1. The second kappa shape index (κ2) is 4.33. The van der Waals surface area contributed by atoms with E-state index in [1.807, 2.05) is 6.92 Å². The number of nitrogens with zero attached hydrogens (tertiary/aromatic N) is 1. The number of rotatable bonds is 3. The van der Waals surface area contributed by atoms with Gasteiger partial charge in [0.05, 0.1) is 11.8 Å². The van der Waals surface area contributed by atoms with Crippen molar-refractivity contribution < 1.29 is 9.50 Å². The Morgan fingerprint density at radius 2 is 2.31 bits per heavy atom. The van der Waals surface area contributed by atoms with Crippen LogP contribution in [-0.4, -0.2) is 16.2 Å². The number of pyridine rings is 1. The Morgan fingerprint density at radius 3 is 2.77 bits per heavy atom. The van der Waals surface area contributed by atoms with E-state index in [0.29, 0.717) is 12.1 Å². The molecular weight excluding hydrogens is 169 g/mol. The van der Waals surface area contributed by atoms with Crippen LogP contribution in [0.2, 0.25) is 0 Å². The molecule has 1 rings (SSSR count). The summed E-state index contributed by atoms with van der Waals surface area (Å²) in [5, 5.41) is 9.38. The van der Waals surface area contributed by atoms with Gasteiger partial charge in [0.2, 0.25) is 0 Å². The molecule has 0 saturated heterocycles. The van der Waals surface area contributed by atoms with Crippen LogP contribution in [0.25, 0.3) is 0 Å². The zero-order valence-corrected chi connectivity index (χ0v) is 7.87. The van der Waals surface area contributed by atoms with Gasteiger partial charge in [-0.3, -0.25) is 4.98 Å². The Morgan fingerprint density at radius 1 is 1.62 bits per heavy atom. The molecule has 72 valence electrons. The molecule has 2 unspecified atom stereocenters. The van der Waals surface area contributed by atoms with E-state index in [1.165, 1.54) is 6.07 Å². The van der Waals surface area contributed by atoms with Gasteiger partial charge in [-0.15, -0.1) is 0 Å². The predicted octanol–water partition coefficient (Wildman–Crippen LogP) is 2.10. The van der Waals surface area contributed by atoms with E-state index < -0.39 is 6.10 Å². The molecule has 0 spiro atoms. The van der Waals surface area contributed by atoms with Gasteiger partial charge < -0.3 is 5.11 Å². The van der Waals surface area contributed by atoms with Crippen molar-refractivity contribution in [3.8, 4) is 0 Å². The van der Waals surface area contributed by atoms with Crippen LogP contribution in [0.1, 0.15) is 31.9 Å². The van der Waals surface area contributed by atoms with Crippen molar-refractivity contribution >= 4 is 0 Å². The fourth-order valence-corrected chi connectivity index (χ4v) is 1.43. The molecular formula is C10H14FNO. The lowest BCUT2D eigenvalue weighted by atomic mass is 9.96. The Kier molecular flexibility index (Phi) is 3.37. The normalized spacial score (nSPS) is 15.4.